The number of rotatable bonds is 6. The highest BCUT2D eigenvalue weighted by molar-refractivity contribution is 9.10. The average Bonchev–Trinajstić information content (AvgIpc) is 2.74. The van der Waals surface area contributed by atoms with E-state index in [0.29, 0.717) is 31.4 Å². The fourth-order valence-corrected chi connectivity index (χ4v) is 3.19. The number of aromatic nitrogens is 2. The van der Waals surface area contributed by atoms with Crippen LogP contribution in [0.2, 0.25) is 0 Å². The Kier molecular flexibility index (Phi) is 6.36. The summed E-state index contributed by atoms with van der Waals surface area (Å²) in [5.41, 5.74) is -0.476. The van der Waals surface area contributed by atoms with E-state index >= 15 is 0 Å². The molecule has 0 aliphatic carbocycles. The van der Waals surface area contributed by atoms with Gasteiger partial charge < -0.3 is 19.2 Å². The van der Waals surface area contributed by atoms with Gasteiger partial charge in [-0.1, -0.05) is 28.1 Å². The van der Waals surface area contributed by atoms with Gasteiger partial charge in [-0.2, -0.15) is 5.10 Å². The summed E-state index contributed by atoms with van der Waals surface area (Å²) in [4.78, 5) is 39.3. The lowest BCUT2D eigenvalue weighted by Gasteiger charge is -2.17. The molecule has 0 radical (unpaired) electrons. The number of ether oxygens (including phenoxy) is 3. The van der Waals surface area contributed by atoms with E-state index in [0.717, 1.165) is 0 Å². The van der Waals surface area contributed by atoms with Crippen LogP contribution in [0.25, 0.3) is 10.9 Å². The summed E-state index contributed by atoms with van der Waals surface area (Å²) in [7, 11) is 2.69. The Labute approximate surface area is 179 Å². The Bertz CT molecular complexity index is 1250. The summed E-state index contributed by atoms with van der Waals surface area (Å²) in [6.07, 6.45) is 0.349. The third kappa shape index (κ3) is 4.28. The van der Waals surface area contributed by atoms with Crippen molar-refractivity contribution in [3.05, 3.63) is 67.3 Å². The number of H-pyrrole nitrogens is 1. The quantitative estimate of drug-likeness (QED) is 0.432. The van der Waals surface area contributed by atoms with E-state index in [1.807, 2.05) is 0 Å². The van der Waals surface area contributed by atoms with E-state index in [4.69, 9.17) is 9.47 Å². The van der Waals surface area contributed by atoms with Gasteiger partial charge in [0.25, 0.3) is 5.56 Å². The number of methoxy groups -OCH3 is 2. The zero-order valence-electron chi connectivity index (χ0n) is 16.3. The second kappa shape index (κ2) is 8.95. The predicted octanol–water partition coefficient (Wildman–Crippen LogP) is 2.28. The molecule has 1 N–H and O–H groups in total. The van der Waals surface area contributed by atoms with E-state index in [-0.39, 0.29) is 5.75 Å². The molecule has 0 aliphatic rings. The number of benzene rings is 2. The van der Waals surface area contributed by atoms with Crippen LogP contribution in [0.4, 0.5) is 0 Å². The molecule has 0 amide bonds. The number of esters is 1. The lowest BCUT2D eigenvalue weighted by molar-refractivity contribution is -0.147. The number of hydrogen-bond donors (Lipinski definition) is 1. The summed E-state index contributed by atoms with van der Waals surface area (Å²) < 4.78 is 17.1. The Hall–Kier alpha value is -3.40. The van der Waals surface area contributed by atoms with Gasteiger partial charge in [0.2, 0.25) is 0 Å². The first-order valence-corrected chi connectivity index (χ1v) is 9.55. The predicted molar refractivity (Wildman–Crippen MR) is 115 cm³/mol. The third-order valence-corrected chi connectivity index (χ3v) is 4.65. The highest BCUT2D eigenvalue weighted by atomic mass is 79.9. The van der Waals surface area contributed by atoms with Crippen LogP contribution in [0, 0.1) is 0 Å². The Morgan fingerprint density at radius 1 is 1.23 bits per heavy atom. The van der Waals surface area contributed by atoms with E-state index in [2.05, 4.69) is 30.8 Å². The molecule has 0 aliphatic heterocycles. The van der Waals surface area contributed by atoms with Crippen molar-refractivity contribution in [3.8, 4) is 11.5 Å². The number of hydrogen-bond acceptors (Lipinski definition) is 7. The van der Waals surface area contributed by atoms with Gasteiger partial charge in [0, 0.05) is 10.0 Å². The molecular formula is C20H18BrN3O6. The van der Waals surface area contributed by atoms with Crippen LogP contribution in [-0.2, 0) is 9.53 Å². The largest absolute Gasteiger partial charge is 0.493 e. The van der Waals surface area contributed by atoms with Gasteiger partial charge in [0.05, 0.1) is 31.3 Å². The highest BCUT2D eigenvalue weighted by Gasteiger charge is 2.20. The maximum atomic E-state index is 12.7. The molecule has 0 saturated carbocycles. The first-order chi connectivity index (χ1) is 14.3. The summed E-state index contributed by atoms with van der Waals surface area (Å²) in [6.45, 7) is 1.52. The molecule has 2 aromatic carbocycles. The Balaban J connectivity index is 2.10. The second-order valence-electron chi connectivity index (χ2n) is 6.15. The molecule has 0 spiro atoms. The van der Waals surface area contributed by atoms with Crippen molar-refractivity contribution < 1.29 is 19.0 Å². The van der Waals surface area contributed by atoms with Crippen LogP contribution in [0.15, 0.2) is 55.6 Å². The molecule has 156 valence electrons. The zero-order chi connectivity index (χ0) is 21.8. The molecule has 0 fully saturated rings. The molecular weight excluding hydrogens is 458 g/mol. The zero-order valence-corrected chi connectivity index (χ0v) is 17.9. The number of nitrogens with zero attached hydrogens (tertiary/aromatic N) is 2. The third-order valence-electron chi connectivity index (χ3n) is 4.19. The van der Waals surface area contributed by atoms with Gasteiger partial charge >= 0.3 is 11.7 Å². The monoisotopic (exact) mass is 475 g/mol. The van der Waals surface area contributed by atoms with Crippen molar-refractivity contribution in [2.45, 2.75) is 13.0 Å². The molecule has 9 nitrogen and oxygen atoms in total. The molecule has 1 aromatic heterocycles. The smallest absolute Gasteiger partial charge is 0.349 e. The number of aromatic amines is 1. The number of carbonyl (C=O) groups excluding carboxylic acids is 1. The fourth-order valence-electron chi connectivity index (χ4n) is 2.73. The van der Waals surface area contributed by atoms with Crippen LogP contribution >= 0.6 is 15.9 Å². The van der Waals surface area contributed by atoms with Crippen LogP contribution in [-0.4, -0.2) is 42.2 Å². The van der Waals surface area contributed by atoms with Crippen molar-refractivity contribution >= 4 is 39.0 Å². The minimum absolute atomic E-state index is 0.201. The van der Waals surface area contributed by atoms with Crippen molar-refractivity contribution in [1.82, 2.24) is 9.66 Å². The SMILES string of the molecule is COC(=O)C(C)Oc1c(C=Nn2c(=O)[nH]c3ccccc3c2=O)cc(Br)cc1OC. The average molecular weight is 476 g/mol. The first-order valence-electron chi connectivity index (χ1n) is 8.76. The molecule has 1 heterocycles. The number of para-hydroxylation sites is 1. The van der Waals surface area contributed by atoms with Crippen LogP contribution in [0.3, 0.4) is 0 Å². The summed E-state index contributed by atoms with van der Waals surface area (Å²) in [6, 6.07) is 9.91. The van der Waals surface area contributed by atoms with E-state index in [1.54, 1.807) is 36.4 Å². The lowest BCUT2D eigenvalue weighted by Crippen LogP contribution is -2.32. The van der Waals surface area contributed by atoms with Crippen molar-refractivity contribution in [1.29, 1.82) is 0 Å². The van der Waals surface area contributed by atoms with Gasteiger partial charge in [-0.3, -0.25) is 4.79 Å². The molecule has 1 atom stereocenters. The van der Waals surface area contributed by atoms with E-state index < -0.39 is 23.3 Å². The maximum Gasteiger partial charge on any atom is 0.349 e. The van der Waals surface area contributed by atoms with Crippen molar-refractivity contribution in [2.24, 2.45) is 5.10 Å². The standard InChI is InChI=1S/C20H18BrN3O6/c1-11(19(26)29-3)30-17-12(8-13(21)9-16(17)28-2)10-22-24-18(25)14-6-4-5-7-15(14)23-20(24)27/h4-11H,1-3H3,(H,23,27). The molecule has 0 saturated heterocycles. The van der Waals surface area contributed by atoms with E-state index in [1.165, 1.54) is 27.4 Å². The molecule has 10 heteroatoms. The normalized spacial score (nSPS) is 12.1. The van der Waals surface area contributed by atoms with Gasteiger partial charge in [0.1, 0.15) is 0 Å². The van der Waals surface area contributed by atoms with Gasteiger partial charge in [-0.25, -0.2) is 9.59 Å². The molecule has 0 bridgehead atoms. The summed E-state index contributed by atoms with van der Waals surface area (Å²) in [5, 5.41) is 4.35. The number of nitrogens with one attached hydrogen (secondary N) is 1. The van der Waals surface area contributed by atoms with Crippen LogP contribution in [0.5, 0.6) is 11.5 Å². The topological polar surface area (TPSA) is 112 Å². The number of fused-ring (bicyclic) bond motifs is 1. The maximum absolute atomic E-state index is 12.7. The number of carbonyl (C=O) groups is 1. The van der Waals surface area contributed by atoms with Crippen LogP contribution in [0.1, 0.15) is 12.5 Å². The Morgan fingerprint density at radius 3 is 2.67 bits per heavy atom. The van der Waals surface area contributed by atoms with Crippen LogP contribution < -0.4 is 20.7 Å². The second-order valence-corrected chi connectivity index (χ2v) is 7.06. The minimum atomic E-state index is -0.927. The minimum Gasteiger partial charge on any atom is -0.493 e. The van der Waals surface area contributed by atoms with Crippen molar-refractivity contribution in [2.75, 3.05) is 14.2 Å². The summed E-state index contributed by atoms with van der Waals surface area (Å²) in [5.74, 6) is -0.0565. The lowest BCUT2D eigenvalue weighted by atomic mass is 10.2. The van der Waals surface area contributed by atoms with Gasteiger partial charge in [0.15, 0.2) is 17.6 Å². The molecule has 30 heavy (non-hydrogen) atoms. The van der Waals surface area contributed by atoms with Crippen molar-refractivity contribution in [3.63, 3.8) is 0 Å². The summed E-state index contributed by atoms with van der Waals surface area (Å²) >= 11 is 3.36. The first kappa shape index (κ1) is 21.3. The van der Waals surface area contributed by atoms with Gasteiger partial charge in [-0.15, -0.1) is 4.68 Å². The highest BCUT2D eigenvalue weighted by Crippen LogP contribution is 2.34. The van der Waals surface area contributed by atoms with Gasteiger partial charge in [-0.05, 0) is 31.2 Å². The molecule has 3 aromatic rings. The van der Waals surface area contributed by atoms with E-state index in [9.17, 15) is 14.4 Å². The Morgan fingerprint density at radius 2 is 1.97 bits per heavy atom. The molecule has 3 rings (SSSR count). The molecule has 1 unspecified atom stereocenters. The fraction of sp³-hybridized carbons (Fsp3) is 0.200. The number of halogens is 1.